The topological polar surface area (TPSA) is 45.2 Å². The standard InChI is InChI=1S/C20H19N3OS/c24-20(14-6-7-17-18(8-14)25-12-22-17)23-11-15-9-21-10-16(15)19(23)13-4-2-1-3-5-13/h1-8,12,15-16,19,21H,9-11H2/t15-,16-,19+/m0/s1. The molecule has 3 atom stereocenters. The van der Waals surface area contributed by atoms with Gasteiger partial charge in [-0.3, -0.25) is 4.79 Å². The Morgan fingerprint density at radius 3 is 2.92 bits per heavy atom. The summed E-state index contributed by atoms with van der Waals surface area (Å²) in [5, 5.41) is 3.50. The minimum Gasteiger partial charge on any atom is -0.331 e. The molecular weight excluding hydrogens is 330 g/mol. The van der Waals surface area contributed by atoms with Crippen LogP contribution in [0.4, 0.5) is 0 Å². The Morgan fingerprint density at radius 1 is 1.16 bits per heavy atom. The first-order valence-electron chi connectivity index (χ1n) is 8.71. The van der Waals surface area contributed by atoms with Gasteiger partial charge in [0.2, 0.25) is 0 Å². The van der Waals surface area contributed by atoms with Gasteiger partial charge in [0.25, 0.3) is 5.91 Å². The van der Waals surface area contributed by atoms with E-state index in [0.29, 0.717) is 11.8 Å². The van der Waals surface area contributed by atoms with Gasteiger partial charge in [-0.1, -0.05) is 30.3 Å². The molecule has 0 aliphatic carbocycles. The van der Waals surface area contributed by atoms with Gasteiger partial charge in [0.05, 0.1) is 21.8 Å². The van der Waals surface area contributed by atoms with Crippen LogP contribution < -0.4 is 5.32 Å². The lowest BCUT2D eigenvalue weighted by Crippen LogP contribution is -2.34. The van der Waals surface area contributed by atoms with Gasteiger partial charge in [0.15, 0.2) is 0 Å². The van der Waals surface area contributed by atoms with Crippen molar-refractivity contribution in [2.75, 3.05) is 19.6 Å². The number of amides is 1. The van der Waals surface area contributed by atoms with Gasteiger partial charge in [-0.25, -0.2) is 4.98 Å². The summed E-state index contributed by atoms with van der Waals surface area (Å²) < 4.78 is 1.07. The fraction of sp³-hybridized carbons (Fsp3) is 0.300. The van der Waals surface area contributed by atoms with E-state index in [9.17, 15) is 4.79 Å². The zero-order chi connectivity index (χ0) is 16.8. The van der Waals surface area contributed by atoms with Gasteiger partial charge < -0.3 is 10.2 Å². The van der Waals surface area contributed by atoms with E-state index in [1.54, 1.807) is 11.3 Å². The molecule has 0 spiro atoms. The number of carbonyl (C=O) groups is 1. The second-order valence-electron chi connectivity index (χ2n) is 6.93. The Labute approximate surface area is 150 Å². The number of hydrogen-bond acceptors (Lipinski definition) is 4. The summed E-state index contributed by atoms with van der Waals surface area (Å²) in [6.45, 7) is 2.82. The van der Waals surface area contributed by atoms with Crippen molar-refractivity contribution < 1.29 is 4.79 Å². The Kier molecular flexibility index (Phi) is 3.57. The maximum atomic E-state index is 13.3. The molecule has 25 heavy (non-hydrogen) atoms. The molecule has 2 aliphatic heterocycles. The average Bonchev–Trinajstić information content (AvgIpc) is 3.36. The van der Waals surface area contributed by atoms with E-state index >= 15 is 0 Å². The number of likely N-dealkylation sites (tertiary alicyclic amines) is 1. The van der Waals surface area contributed by atoms with Crippen LogP contribution in [0.25, 0.3) is 10.2 Å². The summed E-state index contributed by atoms with van der Waals surface area (Å²) in [7, 11) is 0. The van der Waals surface area contributed by atoms with Crippen LogP contribution in [0, 0.1) is 11.8 Å². The van der Waals surface area contributed by atoms with Crippen molar-refractivity contribution in [1.82, 2.24) is 15.2 Å². The van der Waals surface area contributed by atoms with Crippen LogP contribution in [-0.4, -0.2) is 35.4 Å². The number of nitrogens with zero attached hydrogens (tertiary/aromatic N) is 2. The molecule has 126 valence electrons. The van der Waals surface area contributed by atoms with Crippen LogP contribution in [0.5, 0.6) is 0 Å². The summed E-state index contributed by atoms with van der Waals surface area (Å²) in [5.74, 6) is 1.18. The lowest BCUT2D eigenvalue weighted by molar-refractivity contribution is 0.0714. The number of nitrogens with one attached hydrogen (secondary N) is 1. The van der Waals surface area contributed by atoms with Gasteiger partial charge in [-0.15, -0.1) is 11.3 Å². The largest absolute Gasteiger partial charge is 0.331 e. The summed E-state index contributed by atoms with van der Waals surface area (Å²) >= 11 is 1.58. The molecule has 2 fully saturated rings. The van der Waals surface area contributed by atoms with E-state index in [-0.39, 0.29) is 11.9 Å². The monoisotopic (exact) mass is 349 g/mol. The molecule has 1 aromatic heterocycles. The van der Waals surface area contributed by atoms with Crippen molar-refractivity contribution in [1.29, 1.82) is 0 Å². The molecule has 0 radical (unpaired) electrons. The molecule has 0 bridgehead atoms. The Morgan fingerprint density at radius 2 is 2.04 bits per heavy atom. The summed E-state index contributed by atoms with van der Waals surface area (Å²) in [5.41, 5.74) is 4.80. The summed E-state index contributed by atoms with van der Waals surface area (Å²) in [4.78, 5) is 19.7. The first-order valence-corrected chi connectivity index (χ1v) is 9.59. The zero-order valence-electron chi connectivity index (χ0n) is 13.8. The van der Waals surface area contributed by atoms with Gasteiger partial charge >= 0.3 is 0 Å². The molecule has 2 aromatic carbocycles. The molecular formula is C20H19N3OS. The van der Waals surface area contributed by atoms with Crippen LogP contribution in [-0.2, 0) is 0 Å². The number of benzene rings is 2. The van der Waals surface area contributed by atoms with E-state index in [0.717, 1.165) is 35.4 Å². The summed E-state index contributed by atoms with van der Waals surface area (Å²) in [6.07, 6.45) is 0. The second-order valence-corrected chi connectivity index (χ2v) is 7.82. The molecule has 2 aliphatic rings. The number of hydrogen-bond donors (Lipinski definition) is 1. The first-order chi connectivity index (χ1) is 12.3. The fourth-order valence-corrected chi connectivity index (χ4v) is 5.08. The van der Waals surface area contributed by atoms with Gasteiger partial charge in [0.1, 0.15) is 0 Å². The van der Waals surface area contributed by atoms with E-state index < -0.39 is 0 Å². The van der Waals surface area contributed by atoms with E-state index in [2.05, 4.69) is 39.5 Å². The number of fused-ring (bicyclic) bond motifs is 2. The highest BCUT2D eigenvalue weighted by atomic mass is 32.1. The number of aromatic nitrogens is 1. The van der Waals surface area contributed by atoms with Crippen molar-refractivity contribution in [2.45, 2.75) is 6.04 Å². The highest BCUT2D eigenvalue weighted by molar-refractivity contribution is 7.16. The van der Waals surface area contributed by atoms with Crippen LogP contribution in [0.2, 0.25) is 0 Å². The third-order valence-electron chi connectivity index (χ3n) is 5.54. The maximum absolute atomic E-state index is 13.3. The molecule has 4 nitrogen and oxygen atoms in total. The smallest absolute Gasteiger partial charge is 0.254 e. The predicted molar refractivity (Wildman–Crippen MR) is 99.7 cm³/mol. The van der Waals surface area contributed by atoms with Crippen molar-refractivity contribution in [3.05, 3.63) is 65.2 Å². The van der Waals surface area contributed by atoms with Crippen molar-refractivity contribution in [3.63, 3.8) is 0 Å². The Bertz CT molecular complexity index is 923. The van der Waals surface area contributed by atoms with Crippen LogP contribution in [0.3, 0.4) is 0 Å². The normalized spacial score (nSPS) is 25.4. The van der Waals surface area contributed by atoms with E-state index in [1.807, 2.05) is 29.8 Å². The second kappa shape index (κ2) is 5.93. The van der Waals surface area contributed by atoms with Crippen LogP contribution in [0.1, 0.15) is 22.0 Å². The Balaban J connectivity index is 1.53. The zero-order valence-corrected chi connectivity index (χ0v) is 14.6. The highest BCUT2D eigenvalue weighted by Crippen LogP contribution is 2.43. The van der Waals surface area contributed by atoms with Crippen molar-refractivity contribution in [3.8, 4) is 0 Å². The van der Waals surface area contributed by atoms with Gasteiger partial charge in [0, 0.05) is 31.1 Å². The molecule has 5 heteroatoms. The lowest BCUT2D eigenvalue weighted by Gasteiger charge is -2.28. The molecule has 1 amide bonds. The minimum absolute atomic E-state index is 0.138. The fourth-order valence-electron chi connectivity index (χ4n) is 4.36. The predicted octanol–water partition coefficient (Wildman–Crippen LogP) is 3.33. The molecule has 0 saturated carbocycles. The average molecular weight is 349 g/mol. The lowest BCUT2D eigenvalue weighted by atomic mass is 9.89. The first kappa shape index (κ1) is 15.0. The van der Waals surface area contributed by atoms with E-state index in [1.165, 1.54) is 5.56 Å². The Hall–Kier alpha value is -2.24. The number of thiazole rings is 1. The van der Waals surface area contributed by atoms with E-state index in [4.69, 9.17) is 0 Å². The van der Waals surface area contributed by atoms with Crippen LogP contribution in [0.15, 0.2) is 54.0 Å². The number of rotatable bonds is 2. The molecule has 2 saturated heterocycles. The molecule has 0 unspecified atom stereocenters. The molecule has 3 aromatic rings. The quantitative estimate of drug-likeness (QED) is 0.772. The third kappa shape index (κ3) is 2.46. The van der Waals surface area contributed by atoms with Crippen molar-refractivity contribution >= 4 is 27.5 Å². The van der Waals surface area contributed by atoms with Crippen LogP contribution >= 0.6 is 11.3 Å². The minimum atomic E-state index is 0.138. The SMILES string of the molecule is O=C(c1ccc2ncsc2c1)N1C[C@@H]2CNC[C@@H]2[C@H]1c1ccccc1. The summed E-state index contributed by atoms with van der Waals surface area (Å²) in [6, 6.07) is 16.5. The number of carbonyl (C=O) groups excluding carboxylic acids is 1. The van der Waals surface area contributed by atoms with Gasteiger partial charge in [-0.05, 0) is 29.7 Å². The molecule has 5 rings (SSSR count). The highest BCUT2D eigenvalue weighted by Gasteiger charge is 2.46. The molecule has 3 heterocycles. The molecule has 1 N–H and O–H groups in total. The van der Waals surface area contributed by atoms with Crippen molar-refractivity contribution in [2.24, 2.45) is 11.8 Å². The third-order valence-corrected chi connectivity index (χ3v) is 6.34. The maximum Gasteiger partial charge on any atom is 0.254 e. The van der Waals surface area contributed by atoms with Gasteiger partial charge in [-0.2, -0.15) is 0 Å².